The molecule has 0 spiro atoms. The molecule has 1 N–H and O–H groups in total. The number of rotatable bonds is 1. The number of hydrogen-bond donors (Lipinski definition) is 1. The summed E-state index contributed by atoms with van der Waals surface area (Å²) in [6.07, 6.45) is 7.83. The van der Waals surface area contributed by atoms with E-state index in [4.69, 9.17) is 0 Å². The normalized spacial score (nSPS) is 24.5. The monoisotopic (exact) mass is 258 g/mol. The van der Waals surface area contributed by atoms with Gasteiger partial charge < -0.3 is 10.2 Å². The van der Waals surface area contributed by atoms with Crippen LogP contribution in [0.2, 0.25) is 0 Å². The van der Waals surface area contributed by atoms with E-state index >= 15 is 0 Å². The summed E-state index contributed by atoms with van der Waals surface area (Å²) in [5.74, 6) is 0. The van der Waals surface area contributed by atoms with E-state index in [0.717, 1.165) is 6.54 Å². The van der Waals surface area contributed by atoms with Gasteiger partial charge in [0.1, 0.15) is 0 Å². The molecular formula is C17H26N2. The molecule has 2 heteroatoms. The molecule has 1 fully saturated rings. The molecule has 0 bridgehead atoms. The smallest absolute Gasteiger partial charge is 0.0401 e. The quantitative estimate of drug-likeness (QED) is 0.832. The van der Waals surface area contributed by atoms with Gasteiger partial charge in [-0.2, -0.15) is 0 Å². The van der Waals surface area contributed by atoms with Crippen LogP contribution in [-0.4, -0.2) is 25.7 Å². The molecular weight excluding hydrogens is 232 g/mol. The number of nitrogens with zero attached hydrogens (tertiary/aromatic N) is 1. The lowest BCUT2D eigenvalue weighted by atomic mass is 9.90. The van der Waals surface area contributed by atoms with Gasteiger partial charge in [-0.25, -0.2) is 0 Å². The van der Waals surface area contributed by atoms with Gasteiger partial charge in [-0.05, 0) is 69.2 Å². The maximum atomic E-state index is 3.59. The Morgan fingerprint density at radius 3 is 2.95 bits per heavy atom. The lowest BCUT2D eigenvalue weighted by Crippen LogP contribution is -2.39. The zero-order valence-corrected chi connectivity index (χ0v) is 12.1. The Balaban J connectivity index is 1.83. The zero-order chi connectivity index (χ0) is 13.1. The number of aryl methyl sites for hydroxylation is 1. The fraction of sp³-hybridized carbons (Fsp3) is 0.647. The van der Waals surface area contributed by atoms with Gasteiger partial charge in [0.05, 0.1) is 0 Å². The van der Waals surface area contributed by atoms with Gasteiger partial charge >= 0.3 is 0 Å². The summed E-state index contributed by atoms with van der Waals surface area (Å²) in [5, 5.41) is 3.59. The van der Waals surface area contributed by atoms with Crippen LogP contribution < -0.4 is 10.2 Å². The summed E-state index contributed by atoms with van der Waals surface area (Å²) >= 11 is 0. The number of nitrogens with one attached hydrogen (secondary N) is 1. The molecule has 0 amide bonds. The minimum Gasteiger partial charge on any atom is -0.371 e. The van der Waals surface area contributed by atoms with Gasteiger partial charge in [-0.3, -0.25) is 0 Å². The van der Waals surface area contributed by atoms with Gasteiger partial charge in [0.2, 0.25) is 0 Å². The maximum Gasteiger partial charge on any atom is 0.0401 e. The van der Waals surface area contributed by atoms with E-state index in [-0.39, 0.29) is 0 Å². The van der Waals surface area contributed by atoms with E-state index in [1.54, 1.807) is 11.1 Å². The largest absolute Gasteiger partial charge is 0.371 e. The fourth-order valence-electron chi connectivity index (χ4n) is 3.48. The van der Waals surface area contributed by atoms with Crippen molar-refractivity contribution in [1.29, 1.82) is 0 Å². The van der Waals surface area contributed by atoms with Crippen LogP contribution in [0.3, 0.4) is 0 Å². The SMILES string of the molecule is CC1CCN(c2cccc3c2CCCC3)CCCN1. The molecule has 1 aliphatic heterocycles. The molecule has 0 radical (unpaired) electrons. The van der Waals surface area contributed by atoms with Crippen LogP contribution >= 0.6 is 0 Å². The Morgan fingerprint density at radius 2 is 2.00 bits per heavy atom. The average Bonchev–Trinajstić information content (AvgIpc) is 2.43. The van der Waals surface area contributed by atoms with Crippen molar-refractivity contribution in [2.24, 2.45) is 0 Å². The summed E-state index contributed by atoms with van der Waals surface area (Å²) in [7, 11) is 0. The Kier molecular flexibility index (Phi) is 4.07. The summed E-state index contributed by atoms with van der Waals surface area (Å²) in [5.41, 5.74) is 4.79. The highest BCUT2D eigenvalue weighted by molar-refractivity contribution is 5.57. The second-order valence-electron chi connectivity index (χ2n) is 6.11. The Morgan fingerprint density at radius 1 is 1.11 bits per heavy atom. The van der Waals surface area contributed by atoms with Crippen LogP contribution in [0.4, 0.5) is 5.69 Å². The van der Waals surface area contributed by atoms with Crippen LogP contribution in [0.25, 0.3) is 0 Å². The van der Waals surface area contributed by atoms with Crippen molar-refractivity contribution in [3.05, 3.63) is 29.3 Å². The maximum absolute atomic E-state index is 3.59. The van der Waals surface area contributed by atoms with Gasteiger partial charge in [-0.15, -0.1) is 0 Å². The molecule has 1 saturated heterocycles. The zero-order valence-electron chi connectivity index (χ0n) is 12.1. The van der Waals surface area contributed by atoms with Crippen LogP contribution in [0, 0.1) is 0 Å². The topological polar surface area (TPSA) is 15.3 Å². The predicted molar refractivity (Wildman–Crippen MR) is 82.0 cm³/mol. The van der Waals surface area contributed by atoms with Crippen LogP contribution in [-0.2, 0) is 12.8 Å². The van der Waals surface area contributed by atoms with Crippen LogP contribution in [0.1, 0.15) is 43.7 Å². The van der Waals surface area contributed by atoms with Crippen molar-refractivity contribution in [2.45, 2.75) is 51.5 Å². The second-order valence-corrected chi connectivity index (χ2v) is 6.11. The highest BCUT2D eigenvalue weighted by Crippen LogP contribution is 2.31. The first-order chi connectivity index (χ1) is 9.34. The predicted octanol–water partition coefficient (Wildman–Crippen LogP) is 3.14. The molecule has 1 aromatic rings. The van der Waals surface area contributed by atoms with Crippen molar-refractivity contribution < 1.29 is 0 Å². The van der Waals surface area contributed by atoms with Gasteiger partial charge in [-0.1, -0.05) is 12.1 Å². The first kappa shape index (κ1) is 13.0. The van der Waals surface area contributed by atoms with E-state index in [0.29, 0.717) is 6.04 Å². The number of hydrogen-bond acceptors (Lipinski definition) is 2. The number of anilines is 1. The first-order valence-electron chi connectivity index (χ1n) is 7.94. The summed E-state index contributed by atoms with van der Waals surface area (Å²) in [6, 6.07) is 7.61. The molecule has 0 aromatic heterocycles. The van der Waals surface area contributed by atoms with Gasteiger partial charge in [0.25, 0.3) is 0 Å². The molecule has 1 heterocycles. The molecule has 3 rings (SSSR count). The fourth-order valence-corrected chi connectivity index (χ4v) is 3.48. The third-order valence-electron chi connectivity index (χ3n) is 4.64. The van der Waals surface area contributed by atoms with Gasteiger partial charge in [0.15, 0.2) is 0 Å². The molecule has 19 heavy (non-hydrogen) atoms. The molecule has 1 atom stereocenters. The lowest BCUT2D eigenvalue weighted by Gasteiger charge is -2.32. The number of benzene rings is 1. The molecule has 104 valence electrons. The Hall–Kier alpha value is -1.02. The molecule has 0 saturated carbocycles. The summed E-state index contributed by atoms with van der Waals surface area (Å²) in [4.78, 5) is 2.64. The Labute approximate surface area is 117 Å². The first-order valence-corrected chi connectivity index (χ1v) is 7.94. The molecule has 2 nitrogen and oxygen atoms in total. The standard InChI is InChI=1S/C17H26N2/c1-14-10-13-19(12-5-11-18-14)17-9-4-7-15-6-2-3-8-16(15)17/h4,7,9,14,18H,2-3,5-6,8,10-13H2,1H3. The third-order valence-corrected chi connectivity index (χ3v) is 4.64. The van der Waals surface area contributed by atoms with Crippen LogP contribution in [0.15, 0.2) is 18.2 Å². The average molecular weight is 258 g/mol. The van der Waals surface area contributed by atoms with Gasteiger partial charge in [0, 0.05) is 24.8 Å². The summed E-state index contributed by atoms with van der Waals surface area (Å²) in [6.45, 7) is 5.87. The van der Waals surface area contributed by atoms with E-state index in [2.05, 4.69) is 35.3 Å². The van der Waals surface area contributed by atoms with Crippen molar-refractivity contribution in [2.75, 3.05) is 24.5 Å². The van der Waals surface area contributed by atoms with E-state index < -0.39 is 0 Å². The van der Waals surface area contributed by atoms with Crippen LogP contribution in [0.5, 0.6) is 0 Å². The molecule has 1 unspecified atom stereocenters. The van der Waals surface area contributed by atoms with Crippen molar-refractivity contribution in [3.8, 4) is 0 Å². The van der Waals surface area contributed by atoms with Crippen molar-refractivity contribution in [1.82, 2.24) is 5.32 Å². The highest BCUT2D eigenvalue weighted by Gasteiger charge is 2.18. The van der Waals surface area contributed by atoms with Crippen molar-refractivity contribution in [3.63, 3.8) is 0 Å². The van der Waals surface area contributed by atoms with E-state index in [9.17, 15) is 0 Å². The Bertz CT molecular complexity index is 427. The third kappa shape index (κ3) is 2.94. The minimum atomic E-state index is 0.655. The number of fused-ring (bicyclic) bond motifs is 1. The van der Waals surface area contributed by atoms with E-state index in [1.165, 1.54) is 57.3 Å². The van der Waals surface area contributed by atoms with E-state index in [1.807, 2.05) is 0 Å². The lowest BCUT2D eigenvalue weighted by molar-refractivity contribution is 0.474. The summed E-state index contributed by atoms with van der Waals surface area (Å²) < 4.78 is 0. The second kappa shape index (κ2) is 5.96. The van der Waals surface area contributed by atoms with Crippen molar-refractivity contribution >= 4 is 5.69 Å². The molecule has 1 aromatic carbocycles. The minimum absolute atomic E-state index is 0.655. The molecule has 2 aliphatic rings. The molecule has 1 aliphatic carbocycles. The highest BCUT2D eigenvalue weighted by atomic mass is 15.1.